The summed E-state index contributed by atoms with van der Waals surface area (Å²) in [5.74, 6) is -0.134. The minimum atomic E-state index is -0.530. The first-order valence-electron chi connectivity index (χ1n) is 5.39. The molecule has 1 atom stereocenters. The SMILES string of the molecule is CC(C)C(=O)N(C)C(C#N)c1ccc(Br)cc1. The van der Waals surface area contributed by atoms with Crippen LogP contribution in [0.15, 0.2) is 28.7 Å². The van der Waals surface area contributed by atoms with Gasteiger partial charge in [-0.05, 0) is 17.7 Å². The highest BCUT2D eigenvalue weighted by Crippen LogP contribution is 2.22. The molecule has 0 heterocycles. The standard InChI is InChI=1S/C13H15BrN2O/c1-9(2)13(17)16(3)12(8-15)10-4-6-11(14)7-5-10/h4-7,9,12H,1-3H3. The van der Waals surface area contributed by atoms with Gasteiger partial charge in [0.15, 0.2) is 0 Å². The Morgan fingerprint density at radius 1 is 1.35 bits per heavy atom. The first kappa shape index (κ1) is 13.7. The Bertz CT molecular complexity index is 434. The van der Waals surface area contributed by atoms with Crippen molar-refractivity contribution in [3.8, 4) is 6.07 Å². The number of amides is 1. The van der Waals surface area contributed by atoms with Gasteiger partial charge in [-0.2, -0.15) is 5.26 Å². The zero-order valence-electron chi connectivity index (χ0n) is 10.1. The fourth-order valence-corrected chi connectivity index (χ4v) is 1.83. The molecule has 0 aliphatic heterocycles. The summed E-state index contributed by atoms with van der Waals surface area (Å²) in [5.41, 5.74) is 0.826. The summed E-state index contributed by atoms with van der Waals surface area (Å²) >= 11 is 3.34. The van der Waals surface area contributed by atoms with Crippen molar-refractivity contribution in [2.24, 2.45) is 5.92 Å². The van der Waals surface area contributed by atoms with E-state index in [1.165, 1.54) is 4.90 Å². The zero-order valence-corrected chi connectivity index (χ0v) is 11.7. The second kappa shape index (κ2) is 5.83. The first-order valence-corrected chi connectivity index (χ1v) is 6.18. The van der Waals surface area contributed by atoms with Gasteiger partial charge < -0.3 is 4.90 Å². The predicted octanol–water partition coefficient (Wildman–Crippen LogP) is 3.13. The summed E-state index contributed by atoms with van der Waals surface area (Å²) in [6, 6.07) is 9.07. The van der Waals surface area contributed by atoms with E-state index >= 15 is 0 Å². The molecule has 17 heavy (non-hydrogen) atoms. The van der Waals surface area contributed by atoms with Crippen LogP contribution in [0.4, 0.5) is 0 Å². The van der Waals surface area contributed by atoms with Gasteiger partial charge in [0.25, 0.3) is 0 Å². The lowest BCUT2D eigenvalue weighted by atomic mass is 10.1. The van der Waals surface area contributed by atoms with Gasteiger partial charge in [0.05, 0.1) is 6.07 Å². The summed E-state index contributed by atoms with van der Waals surface area (Å²) in [5, 5.41) is 9.19. The molecule has 0 radical (unpaired) electrons. The van der Waals surface area contributed by atoms with Gasteiger partial charge in [0.1, 0.15) is 6.04 Å². The van der Waals surface area contributed by atoms with Crippen molar-refractivity contribution in [2.75, 3.05) is 7.05 Å². The average molecular weight is 295 g/mol. The highest BCUT2D eigenvalue weighted by molar-refractivity contribution is 9.10. The number of nitrogens with zero attached hydrogens (tertiary/aromatic N) is 2. The first-order chi connectivity index (χ1) is 7.97. The number of benzene rings is 1. The van der Waals surface area contributed by atoms with E-state index in [-0.39, 0.29) is 11.8 Å². The highest BCUT2D eigenvalue weighted by atomic mass is 79.9. The largest absolute Gasteiger partial charge is 0.326 e. The van der Waals surface area contributed by atoms with E-state index in [1.54, 1.807) is 7.05 Å². The van der Waals surface area contributed by atoms with Crippen molar-refractivity contribution in [3.05, 3.63) is 34.3 Å². The molecule has 0 saturated heterocycles. The van der Waals surface area contributed by atoms with Crippen molar-refractivity contribution in [1.29, 1.82) is 5.26 Å². The minimum Gasteiger partial charge on any atom is -0.326 e. The maximum atomic E-state index is 11.8. The number of halogens is 1. The van der Waals surface area contributed by atoms with Crippen molar-refractivity contribution >= 4 is 21.8 Å². The van der Waals surface area contributed by atoms with Crippen LogP contribution in [0, 0.1) is 17.2 Å². The molecule has 0 N–H and O–H groups in total. The van der Waals surface area contributed by atoms with Crippen LogP contribution in [0.2, 0.25) is 0 Å². The fourth-order valence-electron chi connectivity index (χ4n) is 1.56. The highest BCUT2D eigenvalue weighted by Gasteiger charge is 2.22. The Morgan fingerprint density at radius 2 is 1.88 bits per heavy atom. The lowest BCUT2D eigenvalue weighted by molar-refractivity contribution is -0.134. The van der Waals surface area contributed by atoms with Gasteiger partial charge in [-0.15, -0.1) is 0 Å². The van der Waals surface area contributed by atoms with Gasteiger partial charge in [0.2, 0.25) is 5.91 Å². The average Bonchev–Trinajstić information content (AvgIpc) is 2.31. The molecule has 0 aromatic heterocycles. The third-order valence-corrected chi connectivity index (χ3v) is 3.07. The Morgan fingerprint density at radius 3 is 2.29 bits per heavy atom. The quantitative estimate of drug-likeness (QED) is 0.860. The summed E-state index contributed by atoms with van der Waals surface area (Å²) in [6.07, 6.45) is 0. The van der Waals surface area contributed by atoms with Crippen LogP contribution in [0.5, 0.6) is 0 Å². The number of hydrogen-bond acceptors (Lipinski definition) is 2. The lowest BCUT2D eigenvalue weighted by Gasteiger charge is -2.24. The van der Waals surface area contributed by atoms with Crippen molar-refractivity contribution in [3.63, 3.8) is 0 Å². The summed E-state index contributed by atoms with van der Waals surface area (Å²) in [6.45, 7) is 3.66. The molecule has 0 aliphatic rings. The Labute approximate surface area is 110 Å². The number of carbonyl (C=O) groups is 1. The summed E-state index contributed by atoms with van der Waals surface area (Å²) in [4.78, 5) is 13.3. The molecule has 0 saturated carbocycles. The van der Waals surface area contributed by atoms with Gasteiger partial charge in [-0.1, -0.05) is 41.9 Å². The Kier molecular flexibility index (Phi) is 4.71. The number of carbonyl (C=O) groups excluding carboxylic acids is 1. The molecule has 1 aromatic carbocycles. The molecular formula is C13H15BrN2O. The van der Waals surface area contributed by atoms with Crippen molar-refractivity contribution in [1.82, 2.24) is 4.90 Å². The zero-order chi connectivity index (χ0) is 13.0. The van der Waals surface area contributed by atoms with Gasteiger partial charge in [-0.25, -0.2) is 0 Å². The number of rotatable bonds is 3. The normalized spacial score (nSPS) is 12.0. The topological polar surface area (TPSA) is 44.1 Å². The van der Waals surface area contributed by atoms with Crippen LogP contribution in [0.25, 0.3) is 0 Å². The van der Waals surface area contributed by atoms with E-state index in [4.69, 9.17) is 0 Å². The van der Waals surface area contributed by atoms with Gasteiger partial charge >= 0.3 is 0 Å². The summed E-state index contributed by atoms with van der Waals surface area (Å²) in [7, 11) is 1.66. The van der Waals surface area contributed by atoms with Crippen LogP contribution in [-0.2, 0) is 4.79 Å². The van der Waals surface area contributed by atoms with Crippen LogP contribution in [-0.4, -0.2) is 17.9 Å². The molecule has 1 aromatic rings. The maximum Gasteiger partial charge on any atom is 0.226 e. The van der Waals surface area contributed by atoms with Crippen molar-refractivity contribution in [2.45, 2.75) is 19.9 Å². The smallest absolute Gasteiger partial charge is 0.226 e. The third kappa shape index (κ3) is 3.31. The van der Waals surface area contributed by atoms with Gasteiger partial charge in [0, 0.05) is 17.4 Å². The molecule has 1 unspecified atom stereocenters. The van der Waals surface area contributed by atoms with Crippen molar-refractivity contribution < 1.29 is 4.79 Å². The predicted molar refractivity (Wildman–Crippen MR) is 70.1 cm³/mol. The van der Waals surface area contributed by atoms with Crippen LogP contribution in [0.1, 0.15) is 25.5 Å². The number of hydrogen-bond donors (Lipinski definition) is 0. The van der Waals surface area contributed by atoms with E-state index in [2.05, 4.69) is 22.0 Å². The molecule has 0 aliphatic carbocycles. The molecule has 4 heteroatoms. The van der Waals surface area contributed by atoms with E-state index < -0.39 is 6.04 Å². The van der Waals surface area contributed by atoms with E-state index in [9.17, 15) is 10.1 Å². The van der Waals surface area contributed by atoms with Gasteiger partial charge in [-0.3, -0.25) is 4.79 Å². The molecule has 1 rings (SSSR count). The molecule has 90 valence electrons. The summed E-state index contributed by atoms with van der Waals surface area (Å²) < 4.78 is 0.954. The molecule has 1 amide bonds. The molecule has 3 nitrogen and oxygen atoms in total. The molecule has 0 spiro atoms. The Balaban J connectivity index is 2.97. The fraction of sp³-hybridized carbons (Fsp3) is 0.385. The molecule has 0 fully saturated rings. The van der Waals surface area contributed by atoms with E-state index in [0.717, 1.165) is 10.0 Å². The van der Waals surface area contributed by atoms with Crippen LogP contribution < -0.4 is 0 Å². The monoisotopic (exact) mass is 294 g/mol. The number of nitriles is 1. The molecular weight excluding hydrogens is 280 g/mol. The van der Waals surface area contributed by atoms with Crippen LogP contribution >= 0.6 is 15.9 Å². The third-order valence-electron chi connectivity index (χ3n) is 2.54. The van der Waals surface area contributed by atoms with E-state index in [1.807, 2.05) is 38.1 Å². The second-order valence-corrected chi connectivity index (χ2v) is 5.10. The minimum absolute atomic E-state index is 0.0283. The maximum absolute atomic E-state index is 11.8. The van der Waals surface area contributed by atoms with E-state index in [0.29, 0.717) is 0 Å². The van der Waals surface area contributed by atoms with Crippen LogP contribution in [0.3, 0.4) is 0 Å². The second-order valence-electron chi connectivity index (χ2n) is 4.19. The molecule has 0 bridgehead atoms. The lowest BCUT2D eigenvalue weighted by Crippen LogP contribution is -2.33. The Hall–Kier alpha value is -1.34.